The maximum absolute atomic E-state index is 10.7. The molecule has 0 aliphatic heterocycles. The number of carbonyl (C=O) groups is 1. The number of nitrogens with two attached hydrogens (primary N) is 1. The zero-order chi connectivity index (χ0) is 11.8. The zero-order valence-electron chi connectivity index (χ0n) is 9.99. The second kappa shape index (κ2) is 7.65. The molecule has 0 saturated heterocycles. The van der Waals surface area contributed by atoms with Gasteiger partial charge in [0.1, 0.15) is 0 Å². The second-order valence-electron chi connectivity index (χ2n) is 4.11. The Balaban J connectivity index is 3.71. The fourth-order valence-electron chi connectivity index (χ4n) is 1.55. The number of amides is 1. The Kier molecular flexibility index (Phi) is 7.34. The van der Waals surface area contributed by atoms with Crippen LogP contribution in [-0.2, 0) is 4.79 Å². The number of aliphatic hydroxyl groups excluding tert-OH is 1. The fourth-order valence-corrected chi connectivity index (χ4v) is 1.55. The summed E-state index contributed by atoms with van der Waals surface area (Å²) in [4.78, 5) is 10.7. The summed E-state index contributed by atoms with van der Waals surface area (Å²) in [6, 6.07) is 0. The second-order valence-corrected chi connectivity index (χ2v) is 4.11. The molecule has 0 aromatic rings. The van der Waals surface area contributed by atoms with Crippen molar-refractivity contribution in [3.63, 3.8) is 0 Å². The van der Waals surface area contributed by atoms with Gasteiger partial charge in [-0.05, 0) is 5.92 Å². The molecule has 0 fully saturated rings. The van der Waals surface area contributed by atoms with Crippen LogP contribution in [0, 0.1) is 11.8 Å². The maximum Gasteiger partial charge on any atom is 0.221 e. The summed E-state index contributed by atoms with van der Waals surface area (Å²) in [6.07, 6.45) is 1.62. The van der Waals surface area contributed by atoms with Crippen LogP contribution in [0.4, 0.5) is 0 Å². The van der Waals surface area contributed by atoms with Crippen LogP contribution < -0.4 is 11.1 Å². The van der Waals surface area contributed by atoms with Crippen molar-refractivity contribution in [2.75, 3.05) is 13.1 Å². The Hall–Kier alpha value is -0.610. The van der Waals surface area contributed by atoms with Crippen LogP contribution >= 0.6 is 0 Å². The Morgan fingerprint density at radius 3 is 2.27 bits per heavy atom. The molecule has 0 aliphatic rings. The number of hydrogen-bond acceptors (Lipinski definition) is 3. The standard InChI is InChI=1S/C11H24N2O2/c1-4-9(5-2)10(14)7-13-6-8(3)11(12)15/h8-10,13-14H,4-7H2,1-3H3,(H2,12,15). The molecule has 0 bridgehead atoms. The molecule has 0 radical (unpaired) electrons. The summed E-state index contributed by atoms with van der Waals surface area (Å²) >= 11 is 0. The predicted molar refractivity (Wildman–Crippen MR) is 61.3 cm³/mol. The predicted octanol–water partition coefficient (Wildman–Crippen LogP) is 0.494. The molecular formula is C11H24N2O2. The van der Waals surface area contributed by atoms with E-state index in [1.54, 1.807) is 6.92 Å². The normalized spacial score (nSPS) is 15.3. The molecule has 2 unspecified atom stereocenters. The first kappa shape index (κ1) is 14.4. The Bertz CT molecular complexity index is 181. The highest BCUT2D eigenvalue weighted by atomic mass is 16.3. The highest BCUT2D eigenvalue weighted by Gasteiger charge is 2.15. The molecule has 0 rings (SSSR count). The summed E-state index contributed by atoms with van der Waals surface area (Å²) in [6.45, 7) is 6.99. The van der Waals surface area contributed by atoms with Crippen molar-refractivity contribution < 1.29 is 9.90 Å². The van der Waals surface area contributed by atoms with Gasteiger partial charge in [-0.25, -0.2) is 0 Å². The van der Waals surface area contributed by atoms with Crippen molar-refractivity contribution in [2.45, 2.75) is 39.7 Å². The van der Waals surface area contributed by atoms with Gasteiger partial charge in [0, 0.05) is 19.0 Å². The fraction of sp³-hybridized carbons (Fsp3) is 0.909. The van der Waals surface area contributed by atoms with Crippen LogP contribution in [0.2, 0.25) is 0 Å². The van der Waals surface area contributed by atoms with Gasteiger partial charge in [0.05, 0.1) is 6.10 Å². The maximum atomic E-state index is 10.7. The number of primary amides is 1. The quantitative estimate of drug-likeness (QED) is 0.553. The minimum absolute atomic E-state index is 0.182. The van der Waals surface area contributed by atoms with E-state index in [1.165, 1.54) is 0 Å². The van der Waals surface area contributed by atoms with Gasteiger partial charge < -0.3 is 16.2 Å². The van der Waals surface area contributed by atoms with Gasteiger partial charge in [-0.2, -0.15) is 0 Å². The number of rotatable bonds is 8. The van der Waals surface area contributed by atoms with Gasteiger partial charge in [-0.3, -0.25) is 4.79 Å². The molecule has 0 saturated carbocycles. The Morgan fingerprint density at radius 2 is 1.87 bits per heavy atom. The van der Waals surface area contributed by atoms with Crippen molar-refractivity contribution in [3.8, 4) is 0 Å². The van der Waals surface area contributed by atoms with E-state index >= 15 is 0 Å². The molecule has 0 spiro atoms. The number of carbonyl (C=O) groups excluding carboxylic acids is 1. The molecule has 0 aromatic carbocycles. The SMILES string of the molecule is CCC(CC)C(O)CNCC(C)C(N)=O. The van der Waals surface area contributed by atoms with Gasteiger partial charge in [0.2, 0.25) is 5.91 Å². The van der Waals surface area contributed by atoms with E-state index in [0.717, 1.165) is 12.8 Å². The number of hydrogen-bond donors (Lipinski definition) is 3. The highest BCUT2D eigenvalue weighted by molar-refractivity contribution is 5.76. The van der Waals surface area contributed by atoms with Crippen LogP contribution in [0.1, 0.15) is 33.6 Å². The first-order chi connectivity index (χ1) is 7.02. The van der Waals surface area contributed by atoms with E-state index < -0.39 is 0 Å². The van der Waals surface area contributed by atoms with E-state index in [1.807, 2.05) is 0 Å². The average Bonchev–Trinajstić information content (AvgIpc) is 2.19. The average molecular weight is 216 g/mol. The molecule has 2 atom stereocenters. The number of aliphatic hydroxyl groups is 1. The molecular weight excluding hydrogens is 192 g/mol. The Labute approximate surface area is 92.2 Å². The van der Waals surface area contributed by atoms with Gasteiger partial charge in [-0.1, -0.05) is 33.6 Å². The summed E-state index contributed by atoms with van der Waals surface area (Å²) in [5.41, 5.74) is 5.12. The largest absolute Gasteiger partial charge is 0.392 e. The minimum atomic E-state index is -0.333. The van der Waals surface area contributed by atoms with Crippen LogP contribution in [0.25, 0.3) is 0 Å². The highest BCUT2D eigenvalue weighted by Crippen LogP contribution is 2.12. The van der Waals surface area contributed by atoms with Crippen molar-refractivity contribution in [2.24, 2.45) is 17.6 Å². The van der Waals surface area contributed by atoms with E-state index in [0.29, 0.717) is 19.0 Å². The molecule has 0 heterocycles. The van der Waals surface area contributed by atoms with Crippen molar-refractivity contribution in [1.82, 2.24) is 5.32 Å². The summed E-state index contributed by atoms with van der Waals surface area (Å²) in [5, 5.41) is 12.8. The smallest absolute Gasteiger partial charge is 0.221 e. The van der Waals surface area contributed by atoms with Crippen molar-refractivity contribution >= 4 is 5.91 Å². The van der Waals surface area contributed by atoms with Crippen LogP contribution in [0.5, 0.6) is 0 Å². The summed E-state index contributed by atoms with van der Waals surface area (Å²) < 4.78 is 0. The lowest BCUT2D eigenvalue weighted by atomic mass is 9.96. The third-order valence-corrected chi connectivity index (χ3v) is 2.88. The lowest BCUT2D eigenvalue weighted by Gasteiger charge is -2.21. The van der Waals surface area contributed by atoms with Gasteiger partial charge in [0.15, 0.2) is 0 Å². The molecule has 4 nitrogen and oxygen atoms in total. The number of nitrogens with one attached hydrogen (secondary N) is 1. The minimum Gasteiger partial charge on any atom is -0.392 e. The summed E-state index contributed by atoms with van der Waals surface area (Å²) in [5.74, 6) is -0.153. The van der Waals surface area contributed by atoms with Gasteiger partial charge in [0.25, 0.3) is 0 Å². The molecule has 90 valence electrons. The lowest BCUT2D eigenvalue weighted by molar-refractivity contribution is -0.121. The third kappa shape index (κ3) is 5.74. The summed E-state index contributed by atoms with van der Waals surface area (Å²) in [7, 11) is 0. The molecule has 4 heteroatoms. The Morgan fingerprint density at radius 1 is 1.33 bits per heavy atom. The monoisotopic (exact) mass is 216 g/mol. The zero-order valence-corrected chi connectivity index (χ0v) is 9.99. The molecule has 4 N–H and O–H groups in total. The van der Waals surface area contributed by atoms with Crippen LogP contribution in [0.3, 0.4) is 0 Å². The first-order valence-electron chi connectivity index (χ1n) is 5.70. The van der Waals surface area contributed by atoms with E-state index in [4.69, 9.17) is 5.73 Å². The van der Waals surface area contributed by atoms with Crippen molar-refractivity contribution in [1.29, 1.82) is 0 Å². The molecule has 1 amide bonds. The van der Waals surface area contributed by atoms with E-state index in [9.17, 15) is 9.90 Å². The molecule has 0 aromatic heterocycles. The van der Waals surface area contributed by atoms with Gasteiger partial charge in [-0.15, -0.1) is 0 Å². The van der Waals surface area contributed by atoms with E-state index in [2.05, 4.69) is 19.2 Å². The van der Waals surface area contributed by atoms with Crippen molar-refractivity contribution in [3.05, 3.63) is 0 Å². The van der Waals surface area contributed by atoms with Crippen LogP contribution in [-0.4, -0.2) is 30.2 Å². The van der Waals surface area contributed by atoms with E-state index in [-0.39, 0.29) is 17.9 Å². The molecule has 0 aliphatic carbocycles. The van der Waals surface area contributed by atoms with Crippen LogP contribution in [0.15, 0.2) is 0 Å². The first-order valence-corrected chi connectivity index (χ1v) is 5.70. The lowest BCUT2D eigenvalue weighted by Crippen LogP contribution is -2.37. The third-order valence-electron chi connectivity index (χ3n) is 2.88. The topological polar surface area (TPSA) is 75.3 Å². The molecule has 15 heavy (non-hydrogen) atoms. The van der Waals surface area contributed by atoms with Gasteiger partial charge >= 0.3 is 0 Å².